The minimum atomic E-state index is -0.180. The third kappa shape index (κ3) is 2.67. The maximum absolute atomic E-state index is 11.1. The highest BCUT2D eigenvalue weighted by atomic mass is 16.5. The van der Waals surface area contributed by atoms with Crippen molar-refractivity contribution in [1.82, 2.24) is 4.90 Å². The molecule has 0 aromatic rings. The SMILES string of the molecule is COC(=O)CN1C(C)COCC1C. The van der Waals surface area contributed by atoms with E-state index in [1.54, 1.807) is 0 Å². The van der Waals surface area contributed by atoms with E-state index in [0.717, 1.165) is 0 Å². The lowest BCUT2D eigenvalue weighted by molar-refractivity contribution is -0.145. The fourth-order valence-electron chi connectivity index (χ4n) is 1.56. The molecule has 0 N–H and O–H groups in total. The number of hydrogen-bond donors (Lipinski definition) is 0. The Morgan fingerprint density at radius 2 is 2.00 bits per heavy atom. The molecule has 4 heteroatoms. The summed E-state index contributed by atoms with van der Waals surface area (Å²) in [5.74, 6) is -0.180. The second-order valence-electron chi connectivity index (χ2n) is 3.48. The van der Waals surface area contributed by atoms with Crippen LogP contribution in [0.1, 0.15) is 13.8 Å². The van der Waals surface area contributed by atoms with Gasteiger partial charge in [-0.3, -0.25) is 9.69 Å². The van der Waals surface area contributed by atoms with Crippen LogP contribution in [0.2, 0.25) is 0 Å². The predicted octanol–water partition coefficient (Wildman–Crippen LogP) is 0.269. The Labute approximate surface area is 78.8 Å². The summed E-state index contributed by atoms with van der Waals surface area (Å²) in [7, 11) is 1.41. The zero-order valence-corrected chi connectivity index (χ0v) is 8.45. The Morgan fingerprint density at radius 1 is 1.46 bits per heavy atom. The maximum Gasteiger partial charge on any atom is 0.319 e. The fraction of sp³-hybridized carbons (Fsp3) is 0.889. The van der Waals surface area contributed by atoms with E-state index in [1.165, 1.54) is 7.11 Å². The molecular formula is C9H17NO3. The Kier molecular flexibility index (Phi) is 3.69. The van der Waals surface area contributed by atoms with Crippen LogP contribution in [0.5, 0.6) is 0 Å². The highest BCUT2D eigenvalue weighted by Gasteiger charge is 2.27. The Balaban J connectivity index is 2.48. The summed E-state index contributed by atoms with van der Waals surface area (Å²) in [5, 5.41) is 0. The number of morpholine rings is 1. The van der Waals surface area contributed by atoms with Crippen LogP contribution >= 0.6 is 0 Å². The lowest BCUT2D eigenvalue weighted by Crippen LogP contribution is -2.51. The first kappa shape index (κ1) is 10.5. The van der Waals surface area contributed by atoms with Crippen molar-refractivity contribution < 1.29 is 14.3 Å². The fourth-order valence-corrected chi connectivity index (χ4v) is 1.56. The first-order valence-electron chi connectivity index (χ1n) is 4.55. The summed E-state index contributed by atoms with van der Waals surface area (Å²) in [6.07, 6.45) is 0. The summed E-state index contributed by atoms with van der Waals surface area (Å²) in [6.45, 7) is 5.86. The molecule has 0 aromatic carbocycles. The van der Waals surface area contributed by atoms with Gasteiger partial charge < -0.3 is 9.47 Å². The molecule has 1 rings (SSSR count). The van der Waals surface area contributed by atoms with Gasteiger partial charge in [0.1, 0.15) is 0 Å². The van der Waals surface area contributed by atoms with Crippen molar-refractivity contribution in [1.29, 1.82) is 0 Å². The summed E-state index contributed by atoms with van der Waals surface area (Å²) < 4.78 is 9.97. The Bertz CT molecular complexity index is 174. The van der Waals surface area contributed by atoms with E-state index in [-0.39, 0.29) is 5.97 Å². The summed E-state index contributed by atoms with van der Waals surface area (Å²) in [4.78, 5) is 13.2. The second kappa shape index (κ2) is 4.58. The molecule has 1 heterocycles. The molecule has 76 valence electrons. The number of hydrogen-bond acceptors (Lipinski definition) is 4. The molecule has 0 saturated carbocycles. The van der Waals surface area contributed by atoms with Gasteiger partial charge in [-0.1, -0.05) is 0 Å². The van der Waals surface area contributed by atoms with Gasteiger partial charge in [0.25, 0.3) is 0 Å². The lowest BCUT2D eigenvalue weighted by atomic mass is 10.2. The van der Waals surface area contributed by atoms with Gasteiger partial charge in [0.05, 0.1) is 26.9 Å². The van der Waals surface area contributed by atoms with E-state index in [2.05, 4.69) is 23.5 Å². The number of ether oxygens (including phenoxy) is 2. The average molecular weight is 187 g/mol. The maximum atomic E-state index is 11.1. The van der Waals surface area contributed by atoms with E-state index in [0.29, 0.717) is 31.8 Å². The number of nitrogens with zero attached hydrogens (tertiary/aromatic N) is 1. The first-order valence-corrected chi connectivity index (χ1v) is 4.55. The van der Waals surface area contributed by atoms with Crippen molar-refractivity contribution >= 4 is 5.97 Å². The van der Waals surface area contributed by atoms with Gasteiger partial charge >= 0.3 is 5.97 Å². The van der Waals surface area contributed by atoms with E-state index in [4.69, 9.17) is 4.74 Å². The number of rotatable bonds is 2. The topological polar surface area (TPSA) is 38.8 Å². The monoisotopic (exact) mass is 187 g/mol. The van der Waals surface area contributed by atoms with Crippen LogP contribution in [0, 0.1) is 0 Å². The molecule has 4 nitrogen and oxygen atoms in total. The third-order valence-electron chi connectivity index (χ3n) is 2.39. The van der Waals surface area contributed by atoms with Crippen LogP contribution in [0.4, 0.5) is 0 Å². The minimum Gasteiger partial charge on any atom is -0.468 e. The molecule has 2 unspecified atom stereocenters. The van der Waals surface area contributed by atoms with Gasteiger partial charge in [0.15, 0.2) is 0 Å². The molecule has 1 aliphatic heterocycles. The van der Waals surface area contributed by atoms with Crippen LogP contribution in [-0.4, -0.2) is 49.8 Å². The van der Waals surface area contributed by atoms with Crippen molar-refractivity contribution in [3.63, 3.8) is 0 Å². The van der Waals surface area contributed by atoms with Crippen molar-refractivity contribution in [3.8, 4) is 0 Å². The van der Waals surface area contributed by atoms with E-state index < -0.39 is 0 Å². The van der Waals surface area contributed by atoms with Crippen LogP contribution in [-0.2, 0) is 14.3 Å². The molecule has 0 radical (unpaired) electrons. The molecule has 0 aliphatic carbocycles. The standard InChI is InChI=1S/C9H17NO3/c1-7-5-13-6-8(2)10(7)4-9(11)12-3/h7-8H,4-6H2,1-3H3. The van der Waals surface area contributed by atoms with Gasteiger partial charge in [0.2, 0.25) is 0 Å². The van der Waals surface area contributed by atoms with Crippen molar-refractivity contribution in [2.24, 2.45) is 0 Å². The van der Waals surface area contributed by atoms with Crippen LogP contribution in [0.3, 0.4) is 0 Å². The molecule has 0 spiro atoms. The van der Waals surface area contributed by atoms with Gasteiger partial charge in [-0.25, -0.2) is 0 Å². The van der Waals surface area contributed by atoms with Crippen LogP contribution in [0.15, 0.2) is 0 Å². The Morgan fingerprint density at radius 3 is 2.46 bits per heavy atom. The molecule has 0 bridgehead atoms. The molecular weight excluding hydrogens is 170 g/mol. The predicted molar refractivity (Wildman–Crippen MR) is 48.5 cm³/mol. The summed E-state index contributed by atoms with van der Waals surface area (Å²) >= 11 is 0. The van der Waals surface area contributed by atoms with Crippen molar-refractivity contribution in [3.05, 3.63) is 0 Å². The van der Waals surface area contributed by atoms with Crippen molar-refractivity contribution in [2.75, 3.05) is 26.9 Å². The number of carbonyl (C=O) groups is 1. The van der Waals surface area contributed by atoms with Crippen LogP contribution < -0.4 is 0 Å². The summed E-state index contributed by atoms with van der Waals surface area (Å²) in [6, 6.07) is 0.589. The minimum absolute atomic E-state index is 0.180. The van der Waals surface area contributed by atoms with E-state index in [9.17, 15) is 4.79 Å². The zero-order valence-electron chi connectivity index (χ0n) is 8.45. The molecule has 0 amide bonds. The van der Waals surface area contributed by atoms with Gasteiger partial charge in [0, 0.05) is 12.1 Å². The smallest absolute Gasteiger partial charge is 0.319 e. The quantitative estimate of drug-likeness (QED) is 0.582. The molecule has 1 saturated heterocycles. The summed E-state index contributed by atoms with van der Waals surface area (Å²) in [5.41, 5.74) is 0. The van der Waals surface area contributed by atoms with Gasteiger partial charge in [-0.05, 0) is 13.8 Å². The van der Waals surface area contributed by atoms with Crippen molar-refractivity contribution in [2.45, 2.75) is 25.9 Å². The van der Waals surface area contributed by atoms with Gasteiger partial charge in [-0.15, -0.1) is 0 Å². The average Bonchev–Trinajstić information content (AvgIpc) is 2.11. The van der Waals surface area contributed by atoms with E-state index in [1.807, 2.05) is 0 Å². The second-order valence-corrected chi connectivity index (χ2v) is 3.48. The number of esters is 1. The van der Waals surface area contributed by atoms with Gasteiger partial charge in [-0.2, -0.15) is 0 Å². The zero-order chi connectivity index (χ0) is 9.84. The first-order chi connectivity index (χ1) is 6.15. The highest BCUT2D eigenvalue weighted by molar-refractivity contribution is 5.71. The molecule has 13 heavy (non-hydrogen) atoms. The molecule has 2 atom stereocenters. The lowest BCUT2D eigenvalue weighted by Gasteiger charge is -2.37. The molecule has 1 fully saturated rings. The normalized spacial score (nSPS) is 30.1. The number of carbonyl (C=O) groups excluding carboxylic acids is 1. The Hall–Kier alpha value is -0.610. The largest absolute Gasteiger partial charge is 0.468 e. The van der Waals surface area contributed by atoms with Crippen LogP contribution in [0.25, 0.3) is 0 Å². The molecule has 0 aromatic heterocycles. The number of methoxy groups -OCH3 is 1. The van der Waals surface area contributed by atoms with E-state index >= 15 is 0 Å². The third-order valence-corrected chi connectivity index (χ3v) is 2.39. The highest BCUT2D eigenvalue weighted by Crippen LogP contribution is 2.12. The molecule has 1 aliphatic rings.